The number of esters is 1. The molecule has 2 aromatic rings. The Hall–Kier alpha value is -2.35. The monoisotopic (exact) mass is 236 g/mol. The third-order valence-electron chi connectivity index (χ3n) is 3.02. The Bertz CT molecular complexity index is 595. The first-order chi connectivity index (χ1) is 8.83. The lowest BCUT2D eigenvalue weighted by atomic mass is 10.0. The largest absolute Gasteiger partial charge is 0.458 e. The van der Waals surface area contributed by atoms with Crippen molar-refractivity contribution in [1.82, 2.24) is 0 Å². The third kappa shape index (κ3) is 2.05. The fraction of sp³-hybridized carbons (Fsp3) is 0.0625. The number of hydrogen-bond acceptors (Lipinski definition) is 2. The smallest absolute Gasteiger partial charge is 0.331 e. The molecule has 2 heteroatoms. The summed E-state index contributed by atoms with van der Waals surface area (Å²) in [5.74, 6) is -0.253. The summed E-state index contributed by atoms with van der Waals surface area (Å²) in [6, 6.07) is 18.4. The van der Waals surface area contributed by atoms with Gasteiger partial charge >= 0.3 is 5.97 Å². The zero-order chi connectivity index (χ0) is 12.4. The first-order valence-corrected chi connectivity index (χ1v) is 5.86. The molecule has 0 N–H and O–H groups in total. The van der Waals surface area contributed by atoms with Crippen LogP contribution in [0.5, 0.6) is 0 Å². The fourth-order valence-electron chi connectivity index (χ4n) is 2.05. The minimum Gasteiger partial charge on any atom is -0.458 e. The molecular weight excluding hydrogens is 224 g/mol. The molecule has 0 unspecified atom stereocenters. The van der Waals surface area contributed by atoms with Crippen molar-refractivity contribution in [3.8, 4) is 11.1 Å². The summed E-state index contributed by atoms with van der Waals surface area (Å²) >= 11 is 0. The summed E-state index contributed by atoms with van der Waals surface area (Å²) < 4.78 is 4.90. The van der Waals surface area contributed by atoms with Gasteiger partial charge in [-0.1, -0.05) is 54.6 Å². The van der Waals surface area contributed by atoms with Crippen LogP contribution < -0.4 is 0 Å². The highest BCUT2D eigenvalue weighted by molar-refractivity contribution is 5.95. The molecule has 0 spiro atoms. The van der Waals surface area contributed by atoms with E-state index >= 15 is 0 Å². The molecule has 18 heavy (non-hydrogen) atoms. The van der Waals surface area contributed by atoms with Crippen molar-refractivity contribution in [1.29, 1.82) is 0 Å². The standard InChI is InChI=1S/C16H12O2/c17-16-10-15(11-18-16)14-8-6-13(7-9-14)12-4-2-1-3-5-12/h1-10H,11H2. The zero-order valence-electron chi connectivity index (χ0n) is 9.80. The average molecular weight is 236 g/mol. The maximum absolute atomic E-state index is 11.0. The summed E-state index contributed by atoms with van der Waals surface area (Å²) in [5, 5.41) is 0. The summed E-state index contributed by atoms with van der Waals surface area (Å²) in [4.78, 5) is 11.0. The minimum absolute atomic E-state index is 0.253. The minimum atomic E-state index is -0.253. The molecule has 0 aliphatic carbocycles. The van der Waals surface area contributed by atoms with E-state index in [4.69, 9.17) is 4.74 Å². The fourth-order valence-corrected chi connectivity index (χ4v) is 2.05. The average Bonchev–Trinajstić information content (AvgIpc) is 2.87. The Kier molecular flexibility index (Phi) is 2.69. The summed E-state index contributed by atoms with van der Waals surface area (Å²) in [6.07, 6.45) is 1.55. The van der Waals surface area contributed by atoms with Crippen LogP contribution in [0.3, 0.4) is 0 Å². The van der Waals surface area contributed by atoms with E-state index in [-0.39, 0.29) is 5.97 Å². The molecule has 2 nitrogen and oxygen atoms in total. The second-order valence-electron chi connectivity index (χ2n) is 4.22. The lowest BCUT2D eigenvalue weighted by molar-refractivity contribution is -0.134. The van der Waals surface area contributed by atoms with Gasteiger partial charge in [-0.3, -0.25) is 0 Å². The van der Waals surface area contributed by atoms with E-state index in [1.807, 2.05) is 30.3 Å². The SMILES string of the molecule is O=C1C=C(c2ccc(-c3ccccc3)cc2)CO1. The molecule has 1 heterocycles. The van der Waals surface area contributed by atoms with Crippen LogP contribution in [0.4, 0.5) is 0 Å². The van der Waals surface area contributed by atoms with Gasteiger partial charge in [0.25, 0.3) is 0 Å². The van der Waals surface area contributed by atoms with Gasteiger partial charge in [-0.25, -0.2) is 4.79 Å². The third-order valence-corrected chi connectivity index (χ3v) is 3.02. The molecule has 0 amide bonds. The number of carbonyl (C=O) groups excluding carboxylic acids is 1. The number of hydrogen-bond donors (Lipinski definition) is 0. The van der Waals surface area contributed by atoms with Crippen molar-refractivity contribution < 1.29 is 9.53 Å². The van der Waals surface area contributed by atoms with Crippen LogP contribution in [-0.4, -0.2) is 12.6 Å². The zero-order valence-corrected chi connectivity index (χ0v) is 9.80. The molecule has 0 atom stereocenters. The van der Waals surface area contributed by atoms with Crippen LogP contribution in [0.2, 0.25) is 0 Å². The van der Waals surface area contributed by atoms with Crippen molar-refractivity contribution >= 4 is 11.5 Å². The van der Waals surface area contributed by atoms with Crippen LogP contribution in [0.25, 0.3) is 16.7 Å². The highest BCUT2D eigenvalue weighted by Crippen LogP contribution is 2.24. The van der Waals surface area contributed by atoms with E-state index in [1.54, 1.807) is 6.08 Å². The molecule has 2 aromatic carbocycles. The Balaban J connectivity index is 1.90. The Morgan fingerprint density at radius 3 is 2.00 bits per heavy atom. The van der Waals surface area contributed by atoms with E-state index in [0.29, 0.717) is 6.61 Å². The van der Waals surface area contributed by atoms with Crippen LogP contribution >= 0.6 is 0 Å². The second-order valence-corrected chi connectivity index (χ2v) is 4.22. The predicted octanol–water partition coefficient (Wildman–Crippen LogP) is 3.29. The molecule has 0 bridgehead atoms. The Morgan fingerprint density at radius 2 is 1.39 bits per heavy atom. The van der Waals surface area contributed by atoms with Gasteiger partial charge in [-0.2, -0.15) is 0 Å². The highest BCUT2D eigenvalue weighted by atomic mass is 16.5. The summed E-state index contributed by atoms with van der Waals surface area (Å²) in [5.41, 5.74) is 4.35. The van der Waals surface area contributed by atoms with Crippen molar-refractivity contribution in [2.24, 2.45) is 0 Å². The molecule has 88 valence electrons. The summed E-state index contributed by atoms with van der Waals surface area (Å²) in [6.45, 7) is 0.378. The van der Waals surface area contributed by atoms with Gasteiger partial charge in [0.15, 0.2) is 0 Å². The van der Waals surface area contributed by atoms with Crippen molar-refractivity contribution in [3.63, 3.8) is 0 Å². The first kappa shape index (κ1) is 10.8. The second kappa shape index (κ2) is 4.49. The van der Waals surface area contributed by atoms with Gasteiger partial charge in [0.1, 0.15) is 6.61 Å². The molecule has 0 saturated heterocycles. The molecule has 3 rings (SSSR count). The molecule has 0 radical (unpaired) electrons. The number of benzene rings is 2. The van der Waals surface area contributed by atoms with Gasteiger partial charge in [0, 0.05) is 11.6 Å². The normalized spacial score (nSPS) is 14.2. The van der Waals surface area contributed by atoms with E-state index in [9.17, 15) is 4.79 Å². The number of carbonyl (C=O) groups is 1. The molecule has 0 saturated carbocycles. The molecule has 0 aromatic heterocycles. The highest BCUT2D eigenvalue weighted by Gasteiger charge is 2.14. The molecule has 1 aliphatic rings. The van der Waals surface area contributed by atoms with Gasteiger partial charge in [0.2, 0.25) is 0 Å². The maximum Gasteiger partial charge on any atom is 0.331 e. The lowest BCUT2D eigenvalue weighted by Gasteiger charge is -2.04. The Labute approximate surface area is 106 Å². The number of ether oxygens (including phenoxy) is 1. The first-order valence-electron chi connectivity index (χ1n) is 5.86. The van der Waals surface area contributed by atoms with Crippen molar-refractivity contribution in [3.05, 3.63) is 66.2 Å². The van der Waals surface area contributed by atoms with Gasteiger partial charge in [0.05, 0.1) is 0 Å². The Morgan fingerprint density at radius 1 is 0.778 bits per heavy atom. The topological polar surface area (TPSA) is 26.3 Å². The lowest BCUT2D eigenvalue weighted by Crippen LogP contribution is -1.91. The quantitative estimate of drug-likeness (QED) is 0.748. The van der Waals surface area contributed by atoms with E-state index in [0.717, 1.165) is 11.1 Å². The van der Waals surface area contributed by atoms with Crippen LogP contribution in [0.1, 0.15) is 5.56 Å². The molecule has 0 fully saturated rings. The van der Waals surface area contributed by atoms with Crippen molar-refractivity contribution in [2.45, 2.75) is 0 Å². The van der Waals surface area contributed by atoms with E-state index < -0.39 is 0 Å². The van der Waals surface area contributed by atoms with Gasteiger partial charge < -0.3 is 4.74 Å². The number of cyclic esters (lactones) is 1. The molecular formula is C16H12O2. The van der Waals surface area contributed by atoms with E-state index in [2.05, 4.69) is 24.3 Å². The number of rotatable bonds is 2. The van der Waals surface area contributed by atoms with Crippen LogP contribution in [0, 0.1) is 0 Å². The van der Waals surface area contributed by atoms with E-state index in [1.165, 1.54) is 11.1 Å². The maximum atomic E-state index is 11.0. The van der Waals surface area contributed by atoms with Crippen LogP contribution in [-0.2, 0) is 9.53 Å². The van der Waals surface area contributed by atoms with Crippen molar-refractivity contribution in [2.75, 3.05) is 6.61 Å². The predicted molar refractivity (Wildman–Crippen MR) is 70.8 cm³/mol. The van der Waals surface area contributed by atoms with Gasteiger partial charge in [-0.15, -0.1) is 0 Å². The summed E-state index contributed by atoms with van der Waals surface area (Å²) in [7, 11) is 0. The van der Waals surface area contributed by atoms with Gasteiger partial charge in [-0.05, 0) is 16.7 Å². The molecule has 1 aliphatic heterocycles. The van der Waals surface area contributed by atoms with Crippen LogP contribution in [0.15, 0.2) is 60.7 Å².